The van der Waals surface area contributed by atoms with Crippen LogP contribution in [0.4, 0.5) is 0 Å². The maximum absolute atomic E-state index is 12.2. The lowest BCUT2D eigenvalue weighted by atomic mass is 9.97. The SMILES string of the molecule is C=CC[C@@H](OC(=O)C=C)[C@H](Oc1ccc(OC)cc1)[C@H](Oc1ccc(OC)cc1)c1ccccc1. The smallest absolute Gasteiger partial charge is 0.330 e. The number of carbonyl (C=O) groups is 1. The first-order valence-corrected chi connectivity index (χ1v) is 11.2. The van der Waals surface area contributed by atoms with Crippen molar-refractivity contribution < 1.29 is 28.5 Å². The zero-order valence-electron chi connectivity index (χ0n) is 20.0. The van der Waals surface area contributed by atoms with Gasteiger partial charge in [0.05, 0.1) is 14.2 Å². The number of rotatable bonds is 13. The minimum atomic E-state index is -0.727. The van der Waals surface area contributed by atoms with E-state index in [1.807, 2.05) is 54.6 Å². The molecule has 0 unspecified atom stereocenters. The second-order valence-corrected chi connectivity index (χ2v) is 7.59. The molecule has 0 heterocycles. The lowest BCUT2D eigenvalue weighted by Gasteiger charge is -2.33. The van der Waals surface area contributed by atoms with E-state index in [1.165, 1.54) is 0 Å². The fourth-order valence-electron chi connectivity index (χ4n) is 3.52. The van der Waals surface area contributed by atoms with Gasteiger partial charge < -0.3 is 23.7 Å². The molecule has 0 radical (unpaired) electrons. The number of methoxy groups -OCH3 is 2. The van der Waals surface area contributed by atoms with Crippen molar-refractivity contribution >= 4 is 5.97 Å². The van der Waals surface area contributed by atoms with Crippen LogP contribution in [0, 0.1) is 0 Å². The Kier molecular flexibility index (Phi) is 9.37. The largest absolute Gasteiger partial charge is 0.497 e. The van der Waals surface area contributed by atoms with Gasteiger partial charge in [0.25, 0.3) is 0 Å². The predicted molar refractivity (Wildman–Crippen MR) is 135 cm³/mol. The van der Waals surface area contributed by atoms with Crippen LogP contribution in [-0.2, 0) is 9.53 Å². The van der Waals surface area contributed by atoms with Gasteiger partial charge in [0.15, 0.2) is 12.2 Å². The van der Waals surface area contributed by atoms with Crippen LogP contribution in [0.2, 0.25) is 0 Å². The maximum Gasteiger partial charge on any atom is 0.330 e. The van der Waals surface area contributed by atoms with E-state index in [9.17, 15) is 4.79 Å². The topological polar surface area (TPSA) is 63.2 Å². The van der Waals surface area contributed by atoms with Crippen molar-refractivity contribution in [2.24, 2.45) is 0 Å². The Balaban J connectivity index is 2.05. The molecule has 0 amide bonds. The van der Waals surface area contributed by atoms with Crippen LogP contribution in [0.15, 0.2) is 104 Å². The molecule has 0 fully saturated rings. The van der Waals surface area contributed by atoms with Gasteiger partial charge in [0.2, 0.25) is 0 Å². The van der Waals surface area contributed by atoms with Crippen LogP contribution in [0.5, 0.6) is 23.0 Å². The molecule has 0 N–H and O–H groups in total. The third-order valence-electron chi connectivity index (χ3n) is 5.28. The second kappa shape index (κ2) is 12.9. The first kappa shape index (κ1) is 25.4. The van der Waals surface area contributed by atoms with Crippen molar-refractivity contribution in [3.8, 4) is 23.0 Å². The molecule has 0 spiro atoms. The lowest BCUT2D eigenvalue weighted by Crippen LogP contribution is -2.42. The summed E-state index contributed by atoms with van der Waals surface area (Å²) in [4.78, 5) is 12.2. The van der Waals surface area contributed by atoms with Crippen LogP contribution >= 0.6 is 0 Å². The second-order valence-electron chi connectivity index (χ2n) is 7.59. The van der Waals surface area contributed by atoms with Gasteiger partial charge in [0.1, 0.15) is 29.1 Å². The van der Waals surface area contributed by atoms with Crippen molar-refractivity contribution in [1.82, 2.24) is 0 Å². The summed E-state index contributed by atoms with van der Waals surface area (Å²) in [6.45, 7) is 7.36. The van der Waals surface area contributed by atoms with Crippen molar-refractivity contribution in [3.63, 3.8) is 0 Å². The highest BCUT2D eigenvalue weighted by Gasteiger charge is 2.36. The van der Waals surface area contributed by atoms with E-state index >= 15 is 0 Å². The van der Waals surface area contributed by atoms with E-state index in [0.717, 1.165) is 11.6 Å². The summed E-state index contributed by atoms with van der Waals surface area (Å²) in [5.74, 6) is 2.03. The first-order chi connectivity index (χ1) is 17.1. The van der Waals surface area contributed by atoms with Crippen molar-refractivity contribution in [2.45, 2.75) is 24.7 Å². The van der Waals surface area contributed by atoms with Gasteiger partial charge in [-0.15, -0.1) is 6.58 Å². The number of esters is 1. The molecule has 0 aliphatic rings. The van der Waals surface area contributed by atoms with Gasteiger partial charge in [0, 0.05) is 12.5 Å². The summed E-state index contributed by atoms with van der Waals surface area (Å²) in [6.07, 6.45) is 1.09. The van der Waals surface area contributed by atoms with Crippen LogP contribution in [-0.4, -0.2) is 32.4 Å². The number of hydrogen-bond acceptors (Lipinski definition) is 6. The molecule has 0 aliphatic heterocycles. The van der Waals surface area contributed by atoms with Gasteiger partial charge in [-0.25, -0.2) is 4.79 Å². The molecule has 0 aliphatic carbocycles. The fraction of sp³-hybridized carbons (Fsp3) is 0.207. The molecular weight excluding hydrogens is 444 g/mol. The van der Waals surface area contributed by atoms with Crippen LogP contribution in [0.1, 0.15) is 18.1 Å². The Morgan fingerprint density at radius 1 is 0.771 bits per heavy atom. The minimum absolute atomic E-state index is 0.343. The van der Waals surface area contributed by atoms with E-state index in [0.29, 0.717) is 29.4 Å². The molecule has 35 heavy (non-hydrogen) atoms. The average Bonchev–Trinajstić information content (AvgIpc) is 2.91. The summed E-state index contributed by atoms with van der Waals surface area (Å²) in [7, 11) is 3.21. The summed E-state index contributed by atoms with van der Waals surface area (Å²) in [5.41, 5.74) is 0.852. The summed E-state index contributed by atoms with van der Waals surface area (Å²) in [6, 6.07) is 24.1. The molecule has 0 bridgehead atoms. The number of hydrogen-bond donors (Lipinski definition) is 0. The van der Waals surface area contributed by atoms with Gasteiger partial charge in [-0.3, -0.25) is 0 Å². The summed E-state index contributed by atoms with van der Waals surface area (Å²) >= 11 is 0. The molecule has 3 rings (SSSR count). The molecule has 6 heteroatoms. The Labute approximate surface area is 206 Å². The van der Waals surface area contributed by atoms with Crippen molar-refractivity contribution in [1.29, 1.82) is 0 Å². The van der Waals surface area contributed by atoms with Gasteiger partial charge in [-0.05, 0) is 54.1 Å². The van der Waals surface area contributed by atoms with Crippen LogP contribution in [0.25, 0.3) is 0 Å². The Morgan fingerprint density at radius 3 is 1.77 bits per heavy atom. The third-order valence-corrected chi connectivity index (χ3v) is 5.28. The molecular formula is C29H30O6. The summed E-state index contributed by atoms with van der Waals surface area (Å²) in [5, 5.41) is 0. The molecule has 0 saturated heterocycles. The molecule has 0 aromatic heterocycles. The monoisotopic (exact) mass is 474 g/mol. The standard InChI is InChI=1S/C29H30O6/c1-5-10-26(35-27(30)6-2)29(34-25-19-15-23(32-4)16-20-25)28(21-11-8-7-9-12-21)33-24-17-13-22(31-3)14-18-24/h5-9,11-20,26,28-29H,1-2,10H2,3-4H3/t26-,28-,29+/m1/s1. The Hall–Kier alpha value is -4.19. The zero-order valence-corrected chi connectivity index (χ0v) is 20.0. The molecule has 182 valence electrons. The number of carbonyl (C=O) groups excluding carboxylic acids is 1. The quantitative estimate of drug-likeness (QED) is 0.173. The van der Waals surface area contributed by atoms with E-state index in [2.05, 4.69) is 13.2 Å². The van der Waals surface area contributed by atoms with E-state index in [4.69, 9.17) is 23.7 Å². The van der Waals surface area contributed by atoms with Crippen LogP contribution in [0.3, 0.4) is 0 Å². The van der Waals surface area contributed by atoms with Gasteiger partial charge in [-0.2, -0.15) is 0 Å². The van der Waals surface area contributed by atoms with E-state index in [1.54, 1.807) is 44.6 Å². The third kappa shape index (κ3) is 7.14. The van der Waals surface area contributed by atoms with Crippen molar-refractivity contribution in [2.75, 3.05) is 14.2 Å². The summed E-state index contributed by atoms with van der Waals surface area (Å²) < 4.78 is 29.1. The highest BCUT2D eigenvalue weighted by atomic mass is 16.6. The molecule has 0 saturated carbocycles. The van der Waals surface area contributed by atoms with E-state index in [-0.39, 0.29) is 0 Å². The molecule has 3 atom stereocenters. The molecule has 6 nitrogen and oxygen atoms in total. The van der Waals surface area contributed by atoms with Crippen molar-refractivity contribution in [3.05, 3.63) is 110 Å². The Bertz CT molecular complexity index is 1080. The maximum atomic E-state index is 12.2. The highest BCUT2D eigenvalue weighted by molar-refractivity contribution is 5.81. The average molecular weight is 475 g/mol. The normalized spacial score (nSPS) is 13.0. The highest BCUT2D eigenvalue weighted by Crippen LogP contribution is 2.33. The van der Waals surface area contributed by atoms with Gasteiger partial charge >= 0.3 is 5.97 Å². The van der Waals surface area contributed by atoms with Gasteiger partial charge in [-0.1, -0.05) is 43.0 Å². The van der Waals surface area contributed by atoms with Crippen LogP contribution < -0.4 is 18.9 Å². The lowest BCUT2D eigenvalue weighted by molar-refractivity contribution is -0.151. The minimum Gasteiger partial charge on any atom is -0.497 e. The molecule has 3 aromatic carbocycles. The number of benzene rings is 3. The fourth-order valence-corrected chi connectivity index (χ4v) is 3.52. The number of ether oxygens (including phenoxy) is 5. The molecule has 3 aromatic rings. The predicted octanol–water partition coefficient (Wildman–Crippen LogP) is 5.95. The first-order valence-electron chi connectivity index (χ1n) is 11.2. The van der Waals surface area contributed by atoms with E-state index < -0.39 is 24.3 Å². The Morgan fingerprint density at radius 2 is 1.29 bits per heavy atom. The zero-order chi connectivity index (χ0) is 25.0.